The minimum absolute atomic E-state index is 0.185. The largest absolute Gasteiger partial charge is 0.295 e. The van der Waals surface area contributed by atoms with Crippen LogP contribution in [0.25, 0.3) is 0 Å². The minimum atomic E-state index is 0.185. The van der Waals surface area contributed by atoms with Crippen LogP contribution < -0.4 is 0 Å². The molecule has 1 aliphatic carbocycles. The Morgan fingerprint density at radius 2 is 2.45 bits per heavy atom. The molecule has 0 aromatic heterocycles. The average molecular weight is 150 g/mol. The fourth-order valence-electron chi connectivity index (χ4n) is 1.41. The van der Waals surface area contributed by atoms with Crippen molar-refractivity contribution in [3.8, 4) is 0 Å². The van der Waals surface area contributed by atoms with E-state index in [1.165, 1.54) is 6.08 Å². The summed E-state index contributed by atoms with van der Waals surface area (Å²) < 4.78 is 0. The van der Waals surface area contributed by atoms with Crippen molar-refractivity contribution >= 4 is 5.78 Å². The smallest absolute Gasteiger partial charge is 0.155 e. The molecule has 0 aromatic carbocycles. The van der Waals surface area contributed by atoms with E-state index in [0.717, 1.165) is 19.3 Å². The molecule has 1 unspecified atom stereocenters. The van der Waals surface area contributed by atoms with Gasteiger partial charge in [0.15, 0.2) is 5.78 Å². The summed E-state index contributed by atoms with van der Waals surface area (Å²) in [6.45, 7) is 3.46. The molecule has 0 heterocycles. The molecule has 1 aliphatic rings. The van der Waals surface area contributed by atoms with Crippen LogP contribution in [-0.4, -0.2) is 5.78 Å². The van der Waals surface area contributed by atoms with E-state index in [4.69, 9.17) is 0 Å². The van der Waals surface area contributed by atoms with Crippen molar-refractivity contribution < 1.29 is 4.79 Å². The lowest BCUT2D eigenvalue weighted by atomic mass is 9.90. The van der Waals surface area contributed by atoms with Gasteiger partial charge in [-0.2, -0.15) is 0 Å². The Hall–Kier alpha value is -0.850. The van der Waals surface area contributed by atoms with Crippen LogP contribution in [0.3, 0.4) is 0 Å². The van der Waals surface area contributed by atoms with E-state index in [0.29, 0.717) is 12.3 Å². The average Bonchev–Trinajstić information content (AvgIpc) is 2.06. The number of allylic oxidation sites excluding steroid dienone is 3. The third kappa shape index (κ3) is 2.71. The van der Waals surface area contributed by atoms with Crippen molar-refractivity contribution in [2.75, 3.05) is 0 Å². The molecule has 1 rings (SSSR count). The molecule has 0 amide bonds. The van der Waals surface area contributed by atoms with E-state index in [9.17, 15) is 4.79 Å². The molecule has 1 heteroatoms. The molecule has 0 bridgehead atoms. The Morgan fingerprint density at radius 1 is 1.64 bits per heavy atom. The first kappa shape index (κ1) is 8.25. The van der Waals surface area contributed by atoms with Crippen LogP contribution in [0.2, 0.25) is 0 Å². The van der Waals surface area contributed by atoms with Crippen molar-refractivity contribution in [3.05, 3.63) is 24.8 Å². The van der Waals surface area contributed by atoms with Crippen LogP contribution in [-0.2, 0) is 4.79 Å². The fourth-order valence-corrected chi connectivity index (χ4v) is 1.41. The lowest BCUT2D eigenvalue weighted by molar-refractivity contribution is -0.115. The highest BCUT2D eigenvalue weighted by Gasteiger charge is 2.11. The van der Waals surface area contributed by atoms with Crippen molar-refractivity contribution in [2.45, 2.75) is 25.7 Å². The van der Waals surface area contributed by atoms with E-state index in [1.807, 2.05) is 0 Å². The summed E-state index contributed by atoms with van der Waals surface area (Å²) in [5.41, 5.74) is 0. The van der Waals surface area contributed by atoms with Gasteiger partial charge in [-0.05, 0) is 31.3 Å². The zero-order valence-corrected chi connectivity index (χ0v) is 6.75. The van der Waals surface area contributed by atoms with E-state index in [-0.39, 0.29) is 5.78 Å². The van der Waals surface area contributed by atoms with Gasteiger partial charge in [-0.3, -0.25) is 4.79 Å². The molecule has 1 atom stereocenters. The summed E-state index contributed by atoms with van der Waals surface area (Å²) in [6.07, 6.45) is 9.84. The highest BCUT2D eigenvalue weighted by atomic mass is 16.1. The van der Waals surface area contributed by atoms with Gasteiger partial charge in [-0.15, -0.1) is 0 Å². The van der Waals surface area contributed by atoms with E-state index < -0.39 is 0 Å². The lowest BCUT2D eigenvalue weighted by Gasteiger charge is -2.15. The Bertz CT molecular complexity index is 179. The Kier molecular flexibility index (Phi) is 3.09. The van der Waals surface area contributed by atoms with Gasteiger partial charge >= 0.3 is 0 Å². The van der Waals surface area contributed by atoms with E-state index in [1.54, 1.807) is 0 Å². The van der Waals surface area contributed by atoms with Gasteiger partial charge in [0, 0.05) is 6.42 Å². The summed E-state index contributed by atoms with van der Waals surface area (Å²) in [5, 5.41) is 0. The number of carbonyl (C=O) groups excluding carboxylic acids is 1. The number of hydrogen-bond donors (Lipinski definition) is 0. The molecular formula is C10H14O. The molecular weight excluding hydrogens is 136 g/mol. The summed E-state index contributed by atoms with van der Waals surface area (Å²) >= 11 is 0. The second-order valence-corrected chi connectivity index (χ2v) is 3.03. The first-order valence-corrected chi connectivity index (χ1v) is 4.13. The summed E-state index contributed by atoms with van der Waals surface area (Å²) in [4.78, 5) is 10.9. The molecule has 0 N–H and O–H groups in total. The zero-order valence-electron chi connectivity index (χ0n) is 6.75. The second kappa shape index (κ2) is 4.12. The van der Waals surface area contributed by atoms with Crippen LogP contribution in [0.4, 0.5) is 0 Å². The molecule has 11 heavy (non-hydrogen) atoms. The predicted molar refractivity (Wildman–Crippen MR) is 46.3 cm³/mol. The Balaban J connectivity index is 2.31. The van der Waals surface area contributed by atoms with Crippen molar-refractivity contribution in [3.63, 3.8) is 0 Å². The molecule has 0 saturated carbocycles. The number of ketones is 1. The van der Waals surface area contributed by atoms with Gasteiger partial charge < -0.3 is 0 Å². The van der Waals surface area contributed by atoms with E-state index in [2.05, 4.69) is 18.7 Å². The van der Waals surface area contributed by atoms with Crippen LogP contribution >= 0.6 is 0 Å². The molecule has 0 aromatic rings. The highest BCUT2D eigenvalue weighted by Crippen LogP contribution is 2.21. The lowest BCUT2D eigenvalue weighted by Crippen LogP contribution is -2.07. The summed E-state index contributed by atoms with van der Waals surface area (Å²) in [5.74, 6) is 0.760. The highest BCUT2D eigenvalue weighted by molar-refractivity contribution is 5.89. The van der Waals surface area contributed by atoms with Crippen LogP contribution in [0.5, 0.6) is 0 Å². The van der Waals surface area contributed by atoms with Gasteiger partial charge in [0.25, 0.3) is 0 Å². The number of rotatable bonds is 3. The summed E-state index contributed by atoms with van der Waals surface area (Å²) in [7, 11) is 0. The molecule has 0 spiro atoms. The molecule has 0 aliphatic heterocycles. The maximum absolute atomic E-state index is 10.9. The normalized spacial score (nSPS) is 23.1. The van der Waals surface area contributed by atoms with Crippen LogP contribution in [0.1, 0.15) is 25.7 Å². The maximum Gasteiger partial charge on any atom is 0.155 e. The number of hydrogen-bond acceptors (Lipinski definition) is 1. The van der Waals surface area contributed by atoms with Crippen LogP contribution in [0.15, 0.2) is 24.8 Å². The Labute approximate surface area is 67.8 Å². The number of carbonyl (C=O) groups is 1. The molecule has 1 nitrogen and oxygen atoms in total. The standard InChI is InChI=1S/C10H14O/c1-2-10(11)8-9-6-4-3-5-7-9/h2-4,9H,1,5-8H2. The Morgan fingerprint density at radius 3 is 3.00 bits per heavy atom. The van der Waals surface area contributed by atoms with Crippen molar-refractivity contribution in [1.29, 1.82) is 0 Å². The molecule has 0 radical (unpaired) electrons. The van der Waals surface area contributed by atoms with E-state index >= 15 is 0 Å². The molecule has 0 fully saturated rings. The second-order valence-electron chi connectivity index (χ2n) is 3.03. The van der Waals surface area contributed by atoms with Gasteiger partial charge in [-0.25, -0.2) is 0 Å². The van der Waals surface area contributed by atoms with Crippen molar-refractivity contribution in [1.82, 2.24) is 0 Å². The van der Waals surface area contributed by atoms with Gasteiger partial charge in [0.2, 0.25) is 0 Å². The molecule has 0 saturated heterocycles. The fraction of sp³-hybridized carbons (Fsp3) is 0.500. The van der Waals surface area contributed by atoms with Crippen molar-refractivity contribution in [2.24, 2.45) is 5.92 Å². The van der Waals surface area contributed by atoms with Gasteiger partial charge in [0.05, 0.1) is 0 Å². The van der Waals surface area contributed by atoms with Gasteiger partial charge in [-0.1, -0.05) is 18.7 Å². The first-order chi connectivity index (χ1) is 5.33. The zero-order chi connectivity index (χ0) is 8.10. The monoisotopic (exact) mass is 150 g/mol. The van der Waals surface area contributed by atoms with Crippen LogP contribution in [0, 0.1) is 5.92 Å². The van der Waals surface area contributed by atoms with Gasteiger partial charge in [0.1, 0.15) is 0 Å². The minimum Gasteiger partial charge on any atom is -0.295 e. The first-order valence-electron chi connectivity index (χ1n) is 4.13. The quantitative estimate of drug-likeness (QED) is 0.446. The SMILES string of the molecule is C=CC(=O)CC1CC=CCC1. The summed E-state index contributed by atoms with van der Waals surface area (Å²) in [6, 6.07) is 0. The molecule has 60 valence electrons. The topological polar surface area (TPSA) is 17.1 Å². The third-order valence-electron chi connectivity index (χ3n) is 2.10. The predicted octanol–water partition coefficient (Wildman–Crippen LogP) is 2.49. The third-order valence-corrected chi connectivity index (χ3v) is 2.10. The maximum atomic E-state index is 10.9.